The van der Waals surface area contributed by atoms with Crippen LogP contribution >= 0.6 is 15.9 Å². The molecule has 3 heteroatoms. The lowest BCUT2D eigenvalue weighted by molar-refractivity contribution is 0.773. The van der Waals surface area contributed by atoms with Crippen molar-refractivity contribution in [3.8, 4) is 0 Å². The quantitative estimate of drug-likeness (QED) is 0.916. The fraction of sp³-hybridized carbons (Fsp3) is 0.214. The lowest BCUT2D eigenvalue weighted by atomic mass is 10.1. The Kier molecular flexibility index (Phi) is 2.85. The van der Waals surface area contributed by atoms with E-state index in [1.807, 2.05) is 6.20 Å². The normalized spacial score (nSPS) is 14.6. The molecule has 2 aromatic rings. The second-order valence-electron chi connectivity index (χ2n) is 4.41. The minimum absolute atomic E-state index is 0.489. The Morgan fingerprint density at radius 2 is 1.82 bits per heavy atom. The fourth-order valence-corrected chi connectivity index (χ4v) is 2.75. The summed E-state index contributed by atoms with van der Waals surface area (Å²) in [4.78, 5) is 4.17. The zero-order chi connectivity index (χ0) is 11.7. The molecule has 0 spiro atoms. The van der Waals surface area contributed by atoms with Crippen molar-refractivity contribution in [1.29, 1.82) is 0 Å². The average molecular weight is 289 g/mol. The van der Waals surface area contributed by atoms with Crippen molar-refractivity contribution in [2.45, 2.75) is 18.9 Å². The van der Waals surface area contributed by atoms with Crippen LogP contribution in [0.15, 0.2) is 47.2 Å². The molecule has 3 rings (SSSR count). The second kappa shape index (κ2) is 4.49. The van der Waals surface area contributed by atoms with Crippen LogP contribution in [0.25, 0.3) is 0 Å². The number of halogens is 1. The molecule has 1 aromatic heterocycles. The molecule has 2 nitrogen and oxygen atoms in total. The highest BCUT2D eigenvalue weighted by atomic mass is 79.9. The smallest absolute Gasteiger partial charge is 0.0540 e. The predicted molar refractivity (Wildman–Crippen MR) is 73.2 cm³/mol. The van der Waals surface area contributed by atoms with Crippen LogP contribution in [0.1, 0.15) is 11.1 Å². The summed E-state index contributed by atoms with van der Waals surface area (Å²) in [6.45, 7) is 0. The van der Waals surface area contributed by atoms with E-state index in [1.54, 1.807) is 6.20 Å². The number of aromatic nitrogens is 1. The molecule has 0 aliphatic heterocycles. The van der Waals surface area contributed by atoms with Gasteiger partial charge in [-0.1, -0.05) is 24.3 Å². The summed E-state index contributed by atoms with van der Waals surface area (Å²) in [5.41, 5.74) is 4.01. The van der Waals surface area contributed by atoms with Crippen LogP contribution in [0.5, 0.6) is 0 Å². The van der Waals surface area contributed by atoms with Gasteiger partial charge in [-0.05, 0) is 46.0 Å². The molecule has 86 valence electrons. The number of hydrogen-bond acceptors (Lipinski definition) is 2. The molecule has 1 N–H and O–H groups in total. The van der Waals surface area contributed by atoms with Gasteiger partial charge in [-0.25, -0.2) is 0 Å². The minimum Gasteiger partial charge on any atom is -0.380 e. The molecule has 1 aromatic carbocycles. The van der Waals surface area contributed by atoms with Crippen LogP contribution in [-0.2, 0) is 12.8 Å². The van der Waals surface area contributed by atoms with E-state index in [9.17, 15) is 0 Å². The van der Waals surface area contributed by atoms with Crippen molar-refractivity contribution in [1.82, 2.24) is 4.98 Å². The highest BCUT2D eigenvalue weighted by molar-refractivity contribution is 9.10. The number of pyridine rings is 1. The molecule has 0 atom stereocenters. The van der Waals surface area contributed by atoms with E-state index >= 15 is 0 Å². The van der Waals surface area contributed by atoms with Crippen molar-refractivity contribution in [3.63, 3.8) is 0 Å². The van der Waals surface area contributed by atoms with Gasteiger partial charge >= 0.3 is 0 Å². The van der Waals surface area contributed by atoms with Gasteiger partial charge in [0.05, 0.1) is 11.9 Å². The third kappa shape index (κ3) is 2.34. The molecule has 0 unspecified atom stereocenters. The highest BCUT2D eigenvalue weighted by Crippen LogP contribution is 2.24. The number of fused-ring (bicyclic) bond motifs is 1. The molecule has 0 saturated carbocycles. The molecule has 1 aliphatic rings. The van der Waals surface area contributed by atoms with E-state index in [0.29, 0.717) is 6.04 Å². The number of benzene rings is 1. The largest absolute Gasteiger partial charge is 0.380 e. The Bertz CT molecular complexity index is 514. The van der Waals surface area contributed by atoms with Crippen LogP contribution in [0.4, 0.5) is 5.69 Å². The fourth-order valence-electron chi connectivity index (χ4n) is 2.39. The summed E-state index contributed by atoms with van der Waals surface area (Å²) in [5, 5.41) is 3.54. The lowest BCUT2D eigenvalue weighted by Crippen LogP contribution is -2.19. The summed E-state index contributed by atoms with van der Waals surface area (Å²) in [6, 6.07) is 11.2. The number of anilines is 1. The summed E-state index contributed by atoms with van der Waals surface area (Å²) in [5.74, 6) is 0. The zero-order valence-electron chi connectivity index (χ0n) is 9.36. The first-order valence-corrected chi connectivity index (χ1v) is 6.54. The molecular formula is C14H13BrN2. The lowest BCUT2D eigenvalue weighted by Gasteiger charge is -2.13. The molecule has 0 saturated heterocycles. The number of nitrogens with zero attached hydrogens (tertiary/aromatic N) is 1. The van der Waals surface area contributed by atoms with Crippen LogP contribution < -0.4 is 5.32 Å². The first-order valence-electron chi connectivity index (χ1n) is 5.75. The summed E-state index contributed by atoms with van der Waals surface area (Å²) in [7, 11) is 0. The maximum atomic E-state index is 4.17. The van der Waals surface area contributed by atoms with Gasteiger partial charge in [0, 0.05) is 16.7 Å². The molecule has 0 amide bonds. The predicted octanol–water partition coefficient (Wildman–Crippen LogP) is 3.42. The molecule has 0 fully saturated rings. The first-order chi connectivity index (χ1) is 8.31. The van der Waals surface area contributed by atoms with Gasteiger partial charge in [0.2, 0.25) is 0 Å². The van der Waals surface area contributed by atoms with Gasteiger partial charge < -0.3 is 5.32 Å². The standard InChI is InChI=1S/C14H13BrN2/c15-12-7-14(9-16-8-12)17-13-5-10-3-1-2-4-11(10)6-13/h1-4,7-9,13,17H,5-6H2. The van der Waals surface area contributed by atoms with E-state index < -0.39 is 0 Å². The monoisotopic (exact) mass is 288 g/mol. The van der Waals surface area contributed by atoms with Crippen LogP contribution in [-0.4, -0.2) is 11.0 Å². The second-order valence-corrected chi connectivity index (χ2v) is 5.33. The summed E-state index contributed by atoms with van der Waals surface area (Å²) >= 11 is 3.44. The van der Waals surface area contributed by atoms with Crippen LogP contribution in [0, 0.1) is 0 Å². The molecule has 1 heterocycles. The maximum absolute atomic E-state index is 4.17. The number of hydrogen-bond donors (Lipinski definition) is 1. The van der Waals surface area contributed by atoms with Crippen LogP contribution in [0.2, 0.25) is 0 Å². The maximum Gasteiger partial charge on any atom is 0.0540 e. The molecule has 17 heavy (non-hydrogen) atoms. The van der Waals surface area contributed by atoms with Gasteiger partial charge in [-0.3, -0.25) is 4.98 Å². The van der Waals surface area contributed by atoms with Gasteiger partial charge in [0.1, 0.15) is 0 Å². The Morgan fingerprint density at radius 1 is 1.12 bits per heavy atom. The number of nitrogens with one attached hydrogen (secondary N) is 1. The van der Waals surface area contributed by atoms with Gasteiger partial charge in [0.25, 0.3) is 0 Å². The summed E-state index contributed by atoms with van der Waals surface area (Å²) < 4.78 is 1.01. The third-order valence-corrected chi connectivity index (χ3v) is 3.56. The zero-order valence-corrected chi connectivity index (χ0v) is 10.9. The van der Waals surface area contributed by atoms with E-state index in [1.165, 1.54) is 11.1 Å². The summed E-state index contributed by atoms with van der Waals surface area (Å²) in [6.07, 6.45) is 5.87. The molecule has 0 bridgehead atoms. The third-order valence-electron chi connectivity index (χ3n) is 3.13. The SMILES string of the molecule is Brc1cncc(NC2Cc3ccccc3C2)c1. The highest BCUT2D eigenvalue weighted by Gasteiger charge is 2.20. The molecule has 1 aliphatic carbocycles. The van der Waals surface area contributed by atoms with Gasteiger partial charge in [-0.15, -0.1) is 0 Å². The first kappa shape index (κ1) is 10.8. The average Bonchev–Trinajstić information content (AvgIpc) is 2.71. The van der Waals surface area contributed by atoms with Crippen molar-refractivity contribution in [2.24, 2.45) is 0 Å². The van der Waals surface area contributed by atoms with E-state index in [2.05, 4.69) is 56.6 Å². The van der Waals surface area contributed by atoms with Crippen molar-refractivity contribution < 1.29 is 0 Å². The Balaban J connectivity index is 1.74. The van der Waals surface area contributed by atoms with Crippen LogP contribution in [0.3, 0.4) is 0 Å². The Morgan fingerprint density at radius 3 is 2.47 bits per heavy atom. The van der Waals surface area contributed by atoms with E-state index in [4.69, 9.17) is 0 Å². The van der Waals surface area contributed by atoms with E-state index in [0.717, 1.165) is 23.0 Å². The van der Waals surface area contributed by atoms with E-state index in [-0.39, 0.29) is 0 Å². The van der Waals surface area contributed by atoms with Gasteiger partial charge in [0.15, 0.2) is 0 Å². The molecule has 0 radical (unpaired) electrons. The topological polar surface area (TPSA) is 24.9 Å². The van der Waals surface area contributed by atoms with Crippen molar-refractivity contribution in [3.05, 3.63) is 58.3 Å². The van der Waals surface area contributed by atoms with Crippen molar-refractivity contribution in [2.75, 3.05) is 5.32 Å². The Labute approximate surface area is 109 Å². The van der Waals surface area contributed by atoms with Gasteiger partial charge in [-0.2, -0.15) is 0 Å². The number of rotatable bonds is 2. The molecular weight excluding hydrogens is 276 g/mol. The minimum atomic E-state index is 0.489. The Hall–Kier alpha value is -1.35. The van der Waals surface area contributed by atoms with Crippen molar-refractivity contribution >= 4 is 21.6 Å².